The Bertz CT molecular complexity index is 471. The lowest BCUT2D eigenvalue weighted by molar-refractivity contribution is -0.149. The van der Waals surface area contributed by atoms with Gasteiger partial charge < -0.3 is 10.4 Å². The van der Waals surface area contributed by atoms with E-state index in [0.717, 1.165) is 4.90 Å². The molecule has 1 heterocycles. The van der Waals surface area contributed by atoms with E-state index in [1.54, 1.807) is 0 Å². The summed E-state index contributed by atoms with van der Waals surface area (Å²) in [5.74, 6) is -1.37. The van der Waals surface area contributed by atoms with Gasteiger partial charge in [-0.3, -0.25) is 9.69 Å². The van der Waals surface area contributed by atoms with E-state index < -0.39 is 53.0 Å². The fourth-order valence-electron chi connectivity index (χ4n) is 2.00. The molecular formula is C10H16ClF3N2O4S. The Kier molecular flexibility index (Phi) is 6.26. The highest BCUT2D eigenvalue weighted by atomic mass is 35.5. The fourth-order valence-corrected chi connectivity index (χ4v) is 4.55. The summed E-state index contributed by atoms with van der Waals surface area (Å²) in [6.07, 6.45) is -4.50. The maximum atomic E-state index is 12.3. The normalized spacial score (nSPS) is 25.2. The molecule has 2 unspecified atom stereocenters. The number of carbonyl (C=O) groups is 1. The van der Waals surface area contributed by atoms with E-state index in [1.165, 1.54) is 0 Å². The third-order valence-electron chi connectivity index (χ3n) is 2.82. The van der Waals surface area contributed by atoms with Gasteiger partial charge in [-0.15, -0.1) is 11.6 Å². The van der Waals surface area contributed by atoms with E-state index in [2.05, 4.69) is 5.32 Å². The van der Waals surface area contributed by atoms with Crippen molar-refractivity contribution in [3.8, 4) is 0 Å². The molecule has 1 saturated heterocycles. The first kappa shape index (κ1) is 18.5. The molecule has 1 aliphatic heterocycles. The molecular weight excluding hydrogens is 337 g/mol. The van der Waals surface area contributed by atoms with Crippen molar-refractivity contribution in [1.29, 1.82) is 0 Å². The van der Waals surface area contributed by atoms with Gasteiger partial charge in [0, 0.05) is 6.54 Å². The van der Waals surface area contributed by atoms with Crippen molar-refractivity contribution in [3.05, 3.63) is 0 Å². The molecule has 1 amide bonds. The van der Waals surface area contributed by atoms with Crippen molar-refractivity contribution in [2.45, 2.75) is 17.6 Å². The van der Waals surface area contributed by atoms with Crippen LogP contribution in [0, 0.1) is 0 Å². The second-order valence-corrected chi connectivity index (χ2v) is 7.53. The highest BCUT2D eigenvalue weighted by Gasteiger charge is 2.38. The number of hydrogen-bond donors (Lipinski definition) is 2. The number of nitrogens with one attached hydrogen (secondary N) is 1. The predicted octanol–water partition coefficient (Wildman–Crippen LogP) is -0.636. The molecule has 1 aliphatic rings. The van der Waals surface area contributed by atoms with Crippen LogP contribution in [0.15, 0.2) is 0 Å². The molecule has 0 aromatic rings. The predicted molar refractivity (Wildman–Crippen MR) is 69.8 cm³/mol. The summed E-state index contributed by atoms with van der Waals surface area (Å²) in [5.41, 5.74) is 0. The number of carbonyl (C=O) groups excluding carboxylic acids is 1. The molecule has 2 N–H and O–H groups in total. The summed E-state index contributed by atoms with van der Waals surface area (Å²) in [5, 5.41) is 10.2. The van der Waals surface area contributed by atoms with Crippen molar-refractivity contribution >= 4 is 27.3 Å². The van der Waals surface area contributed by atoms with Crippen LogP contribution >= 0.6 is 11.6 Å². The topological polar surface area (TPSA) is 86.7 Å². The number of rotatable bonds is 6. The highest BCUT2D eigenvalue weighted by Crippen LogP contribution is 2.18. The average molecular weight is 353 g/mol. The Labute approximate surface area is 125 Å². The lowest BCUT2D eigenvalue weighted by Crippen LogP contribution is -2.47. The second-order valence-electron chi connectivity index (χ2n) is 4.82. The zero-order valence-corrected chi connectivity index (χ0v) is 12.5. The maximum absolute atomic E-state index is 12.3. The summed E-state index contributed by atoms with van der Waals surface area (Å²) < 4.78 is 59.5. The van der Waals surface area contributed by atoms with Crippen LogP contribution in [0.3, 0.4) is 0 Å². The molecule has 1 rings (SSSR count). The van der Waals surface area contributed by atoms with E-state index in [0.29, 0.717) is 0 Å². The van der Waals surface area contributed by atoms with Crippen molar-refractivity contribution in [2.75, 3.05) is 37.7 Å². The maximum Gasteiger partial charge on any atom is 0.401 e. The molecule has 0 radical (unpaired) electrons. The SMILES string of the molecule is O=C(CN(CCO)CC(F)(F)F)NC1CS(=O)(=O)CC1Cl. The second kappa shape index (κ2) is 7.12. The minimum Gasteiger partial charge on any atom is -0.395 e. The number of amides is 1. The van der Waals surface area contributed by atoms with E-state index >= 15 is 0 Å². The minimum atomic E-state index is -4.50. The highest BCUT2D eigenvalue weighted by molar-refractivity contribution is 7.91. The first-order valence-corrected chi connectivity index (χ1v) is 8.32. The molecule has 2 atom stereocenters. The third-order valence-corrected chi connectivity index (χ3v) is 5.19. The van der Waals surface area contributed by atoms with Crippen molar-refractivity contribution in [1.82, 2.24) is 10.2 Å². The average Bonchev–Trinajstić information content (AvgIpc) is 2.49. The zero-order valence-electron chi connectivity index (χ0n) is 10.9. The monoisotopic (exact) mass is 352 g/mol. The Morgan fingerprint density at radius 2 is 2.00 bits per heavy atom. The quantitative estimate of drug-likeness (QED) is 0.621. The Balaban J connectivity index is 2.54. The number of sulfone groups is 1. The van der Waals surface area contributed by atoms with Gasteiger partial charge in [-0.2, -0.15) is 13.2 Å². The first-order chi connectivity index (χ1) is 9.52. The van der Waals surface area contributed by atoms with E-state index in [4.69, 9.17) is 16.7 Å². The van der Waals surface area contributed by atoms with E-state index in [9.17, 15) is 26.4 Å². The molecule has 0 spiro atoms. The number of aliphatic hydroxyl groups is 1. The lowest BCUT2D eigenvalue weighted by Gasteiger charge is -2.23. The molecule has 21 heavy (non-hydrogen) atoms. The standard InChI is InChI=1S/C10H16ClF3N2O4S/c11-7-4-21(19,20)5-8(7)15-9(18)3-16(1-2-17)6-10(12,13)14/h7-8,17H,1-6H2,(H,15,18). The van der Waals surface area contributed by atoms with Gasteiger partial charge in [0.25, 0.3) is 0 Å². The van der Waals surface area contributed by atoms with Gasteiger partial charge in [-0.05, 0) is 0 Å². The van der Waals surface area contributed by atoms with Crippen LogP contribution in [0.2, 0.25) is 0 Å². The van der Waals surface area contributed by atoms with Crippen LogP contribution in [0.25, 0.3) is 0 Å². The first-order valence-electron chi connectivity index (χ1n) is 6.06. The summed E-state index contributed by atoms with van der Waals surface area (Å²) in [6.45, 7) is -2.78. The number of alkyl halides is 4. The number of aliphatic hydroxyl groups excluding tert-OH is 1. The van der Waals surface area contributed by atoms with Crippen LogP contribution in [0.1, 0.15) is 0 Å². The van der Waals surface area contributed by atoms with Crippen molar-refractivity contribution in [2.24, 2.45) is 0 Å². The molecule has 0 saturated carbocycles. The molecule has 1 fully saturated rings. The third kappa shape index (κ3) is 6.81. The smallest absolute Gasteiger partial charge is 0.395 e. The molecule has 124 valence electrons. The van der Waals surface area contributed by atoms with Crippen LogP contribution < -0.4 is 5.32 Å². The number of nitrogens with zero attached hydrogens (tertiary/aromatic N) is 1. The van der Waals surface area contributed by atoms with Gasteiger partial charge in [-0.1, -0.05) is 0 Å². The summed E-state index contributed by atoms with van der Waals surface area (Å²) in [7, 11) is -3.34. The van der Waals surface area contributed by atoms with Gasteiger partial charge in [0.15, 0.2) is 9.84 Å². The Morgan fingerprint density at radius 1 is 1.38 bits per heavy atom. The Hall–Kier alpha value is -0.580. The summed E-state index contributed by atoms with van der Waals surface area (Å²) in [4.78, 5) is 12.4. The van der Waals surface area contributed by atoms with E-state index in [-0.39, 0.29) is 18.1 Å². The largest absolute Gasteiger partial charge is 0.401 e. The summed E-state index contributed by atoms with van der Waals surface area (Å²) in [6, 6.07) is -0.814. The van der Waals surface area contributed by atoms with Gasteiger partial charge in [0.05, 0.1) is 42.6 Å². The Morgan fingerprint density at radius 3 is 2.43 bits per heavy atom. The molecule has 0 aliphatic carbocycles. The number of halogens is 4. The van der Waals surface area contributed by atoms with Crippen molar-refractivity contribution in [3.63, 3.8) is 0 Å². The molecule has 11 heteroatoms. The van der Waals surface area contributed by atoms with Crippen LogP contribution in [0.4, 0.5) is 13.2 Å². The molecule has 0 aromatic carbocycles. The lowest BCUT2D eigenvalue weighted by atomic mass is 10.2. The van der Waals surface area contributed by atoms with E-state index in [1.807, 2.05) is 0 Å². The molecule has 0 bridgehead atoms. The summed E-state index contributed by atoms with van der Waals surface area (Å²) >= 11 is 5.78. The fraction of sp³-hybridized carbons (Fsp3) is 0.900. The molecule has 6 nitrogen and oxygen atoms in total. The zero-order chi connectivity index (χ0) is 16.3. The molecule has 0 aromatic heterocycles. The van der Waals surface area contributed by atoms with Gasteiger partial charge in [0.1, 0.15) is 0 Å². The van der Waals surface area contributed by atoms with Crippen LogP contribution in [-0.2, 0) is 14.6 Å². The van der Waals surface area contributed by atoms with Gasteiger partial charge >= 0.3 is 6.18 Å². The minimum absolute atomic E-state index is 0.275. The van der Waals surface area contributed by atoms with Crippen molar-refractivity contribution < 1.29 is 31.5 Å². The van der Waals surface area contributed by atoms with Crippen LogP contribution in [0.5, 0.6) is 0 Å². The van der Waals surface area contributed by atoms with Gasteiger partial charge in [-0.25, -0.2) is 8.42 Å². The van der Waals surface area contributed by atoms with Crippen LogP contribution in [-0.4, -0.2) is 79.7 Å². The van der Waals surface area contributed by atoms with Gasteiger partial charge in [0.2, 0.25) is 5.91 Å². The number of hydrogen-bond acceptors (Lipinski definition) is 5.